The summed E-state index contributed by atoms with van der Waals surface area (Å²) in [6, 6.07) is 2.93. The number of hydrogen-bond donors (Lipinski definition) is 1. The number of benzene rings is 1. The number of thiazole rings is 1. The van der Waals surface area contributed by atoms with Crippen molar-refractivity contribution in [2.45, 2.75) is 25.8 Å². The van der Waals surface area contributed by atoms with E-state index in [-0.39, 0.29) is 12.4 Å². The fourth-order valence-corrected chi connectivity index (χ4v) is 2.70. The van der Waals surface area contributed by atoms with Gasteiger partial charge in [-0.2, -0.15) is 0 Å². The molecule has 0 aliphatic rings. The van der Waals surface area contributed by atoms with Gasteiger partial charge in [-0.1, -0.05) is 6.92 Å². The van der Waals surface area contributed by atoms with Crippen molar-refractivity contribution in [1.82, 2.24) is 10.3 Å². The molecule has 1 aromatic carbocycles. The summed E-state index contributed by atoms with van der Waals surface area (Å²) in [5.41, 5.74) is -0.601. The Hall–Kier alpha value is -2.02. The van der Waals surface area contributed by atoms with Gasteiger partial charge in [0.2, 0.25) is 0 Å². The Kier molecular flexibility index (Phi) is 5.07. The van der Waals surface area contributed by atoms with E-state index < -0.39 is 23.1 Å². The minimum Gasteiger partial charge on any atom is -0.481 e. The Morgan fingerprint density at radius 2 is 2.23 bits per heavy atom. The lowest BCUT2D eigenvalue weighted by molar-refractivity contribution is -0.125. The molecule has 118 valence electrons. The van der Waals surface area contributed by atoms with Gasteiger partial charge >= 0.3 is 0 Å². The summed E-state index contributed by atoms with van der Waals surface area (Å²) in [4.78, 5) is 16.2. The van der Waals surface area contributed by atoms with Gasteiger partial charge in [0, 0.05) is 17.6 Å². The van der Waals surface area contributed by atoms with Crippen molar-refractivity contribution in [3.8, 4) is 5.75 Å². The van der Waals surface area contributed by atoms with Gasteiger partial charge in [0.1, 0.15) is 10.8 Å². The molecule has 1 unspecified atom stereocenters. The van der Waals surface area contributed by atoms with E-state index in [1.807, 2.05) is 19.2 Å². The Morgan fingerprint density at radius 3 is 2.82 bits per heavy atom. The second-order valence-electron chi connectivity index (χ2n) is 4.93. The van der Waals surface area contributed by atoms with Gasteiger partial charge in [0.15, 0.2) is 18.2 Å². The maximum absolute atomic E-state index is 13.4. The molecule has 0 aliphatic carbocycles. The van der Waals surface area contributed by atoms with E-state index in [0.29, 0.717) is 12.5 Å². The van der Waals surface area contributed by atoms with Crippen molar-refractivity contribution in [3.05, 3.63) is 46.4 Å². The van der Waals surface area contributed by atoms with Gasteiger partial charge in [-0.15, -0.1) is 11.3 Å². The molecule has 1 amide bonds. The van der Waals surface area contributed by atoms with Crippen LogP contribution in [0, 0.1) is 11.6 Å². The molecule has 0 saturated carbocycles. The van der Waals surface area contributed by atoms with Crippen molar-refractivity contribution in [3.63, 3.8) is 0 Å². The van der Waals surface area contributed by atoms with Crippen LogP contribution in [0.5, 0.6) is 5.75 Å². The zero-order valence-corrected chi connectivity index (χ0v) is 13.0. The molecule has 0 spiro atoms. The van der Waals surface area contributed by atoms with Crippen LogP contribution in [-0.4, -0.2) is 17.5 Å². The molecule has 4 nitrogen and oxygen atoms in total. The first-order valence-corrected chi connectivity index (χ1v) is 7.61. The Bertz CT molecular complexity index is 649. The summed E-state index contributed by atoms with van der Waals surface area (Å²) < 4.78 is 31.3. The molecule has 0 bridgehead atoms. The third-order valence-corrected chi connectivity index (χ3v) is 4.32. The zero-order chi connectivity index (χ0) is 16.2. The molecule has 0 saturated heterocycles. The molecule has 1 N–H and O–H groups in total. The van der Waals surface area contributed by atoms with Gasteiger partial charge in [-0.25, -0.2) is 13.8 Å². The van der Waals surface area contributed by atoms with Crippen LogP contribution in [-0.2, 0) is 10.3 Å². The van der Waals surface area contributed by atoms with E-state index in [2.05, 4.69) is 10.3 Å². The van der Waals surface area contributed by atoms with Crippen molar-refractivity contribution >= 4 is 17.2 Å². The number of hydrogen-bond acceptors (Lipinski definition) is 4. The van der Waals surface area contributed by atoms with E-state index in [9.17, 15) is 13.6 Å². The molecule has 2 rings (SSSR count). The van der Waals surface area contributed by atoms with Crippen molar-refractivity contribution in [2.24, 2.45) is 0 Å². The van der Waals surface area contributed by atoms with E-state index in [0.717, 1.165) is 17.1 Å². The summed E-state index contributed by atoms with van der Waals surface area (Å²) in [5, 5.41) is 5.46. The maximum atomic E-state index is 13.4. The number of nitrogens with zero attached hydrogens (tertiary/aromatic N) is 1. The number of rotatable bonds is 6. The molecular formula is C15H16F2N2O2S. The minimum atomic E-state index is -0.842. The lowest BCUT2D eigenvalue weighted by Crippen LogP contribution is -2.45. The number of aromatic nitrogens is 1. The first-order chi connectivity index (χ1) is 10.4. The molecule has 0 fully saturated rings. The third kappa shape index (κ3) is 3.79. The van der Waals surface area contributed by atoms with Crippen molar-refractivity contribution < 1.29 is 18.3 Å². The normalized spacial score (nSPS) is 13.5. The molecule has 1 atom stereocenters. The third-order valence-electron chi connectivity index (χ3n) is 3.28. The lowest BCUT2D eigenvalue weighted by Gasteiger charge is -2.27. The number of carbonyl (C=O) groups excluding carboxylic acids is 1. The molecule has 22 heavy (non-hydrogen) atoms. The van der Waals surface area contributed by atoms with Gasteiger partial charge in [0.25, 0.3) is 5.91 Å². The molecule has 2 aromatic rings. The predicted octanol–water partition coefficient (Wildman–Crippen LogP) is 3.24. The minimum absolute atomic E-state index is 0.163. The van der Waals surface area contributed by atoms with Crippen LogP contribution in [0.4, 0.5) is 8.78 Å². The van der Waals surface area contributed by atoms with Gasteiger partial charge < -0.3 is 10.1 Å². The SMILES string of the molecule is CCC(C)(NC(=O)COc1ccc(F)cc1F)c1nccs1. The Balaban J connectivity index is 1.97. The summed E-state index contributed by atoms with van der Waals surface area (Å²) in [6.45, 7) is 3.44. The highest BCUT2D eigenvalue weighted by Gasteiger charge is 2.29. The molecular weight excluding hydrogens is 310 g/mol. The van der Waals surface area contributed by atoms with E-state index in [1.54, 1.807) is 6.20 Å². The van der Waals surface area contributed by atoms with Crippen molar-refractivity contribution in [1.29, 1.82) is 0 Å². The number of nitrogens with one attached hydrogen (secondary N) is 1. The van der Waals surface area contributed by atoms with Crippen LogP contribution in [0.1, 0.15) is 25.3 Å². The van der Waals surface area contributed by atoms with Crippen molar-refractivity contribution in [2.75, 3.05) is 6.61 Å². The summed E-state index contributed by atoms with van der Waals surface area (Å²) in [6.07, 6.45) is 2.32. The van der Waals surface area contributed by atoms with Crippen LogP contribution in [0.15, 0.2) is 29.8 Å². The summed E-state index contributed by atoms with van der Waals surface area (Å²) in [5.74, 6) is -2.10. The highest BCUT2D eigenvalue weighted by Crippen LogP contribution is 2.26. The van der Waals surface area contributed by atoms with Crippen LogP contribution < -0.4 is 10.1 Å². The highest BCUT2D eigenvalue weighted by molar-refractivity contribution is 7.09. The van der Waals surface area contributed by atoms with Crippen LogP contribution in [0.25, 0.3) is 0 Å². The standard InChI is InChI=1S/C15H16F2N2O2S/c1-3-15(2,14-18-6-7-22-14)19-13(20)9-21-12-5-4-10(16)8-11(12)17/h4-8H,3,9H2,1-2H3,(H,19,20). The van der Waals surface area contributed by atoms with Gasteiger partial charge in [-0.05, 0) is 25.5 Å². The number of amides is 1. The Labute approximate surface area is 131 Å². The summed E-state index contributed by atoms with van der Waals surface area (Å²) in [7, 11) is 0. The molecule has 1 aromatic heterocycles. The fraction of sp³-hybridized carbons (Fsp3) is 0.333. The molecule has 0 radical (unpaired) electrons. The van der Waals surface area contributed by atoms with Crippen LogP contribution in [0.2, 0.25) is 0 Å². The average molecular weight is 326 g/mol. The number of ether oxygens (including phenoxy) is 1. The largest absolute Gasteiger partial charge is 0.481 e. The lowest BCUT2D eigenvalue weighted by atomic mass is 10.00. The van der Waals surface area contributed by atoms with Crippen LogP contribution in [0.3, 0.4) is 0 Å². The maximum Gasteiger partial charge on any atom is 0.258 e. The zero-order valence-electron chi connectivity index (χ0n) is 12.2. The van der Waals surface area contributed by atoms with Crippen LogP contribution >= 0.6 is 11.3 Å². The molecule has 1 heterocycles. The second-order valence-corrected chi connectivity index (χ2v) is 5.83. The monoisotopic (exact) mass is 326 g/mol. The van der Waals surface area contributed by atoms with E-state index in [1.165, 1.54) is 11.3 Å². The second kappa shape index (κ2) is 6.83. The smallest absolute Gasteiger partial charge is 0.258 e. The van der Waals surface area contributed by atoms with E-state index >= 15 is 0 Å². The molecule has 7 heteroatoms. The fourth-order valence-electron chi connectivity index (χ4n) is 1.87. The number of halogens is 2. The van der Waals surface area contributed by atoms with E-state index in [4.69, 9.17) is 4.74 Å². The number of carbonyl (C=O) groups is 1. The average Bonchev–Trinajstić information content (AvgIpc) is 3.01. The first kappa shape index (κ1) is 16.4. The van der Waals surface area contributed by atoms with Gasteiger partial charge in [0.05, 0.1) is 5.54 Å². The van der Waals surface area contributed by atoms with Gasteiger partial charge in [-0.3, -0.25) is 4.79 Å². The first-order valence-electron chi connectivity index (χ1n) is 6.73. The highest BCUT2D eigenvalue weighted by atomic mass is 32.1. The quantitative estimate of drug-likeness (QED) is 0.886. The summed E-state index contributed by atoms with van der Waals surface area (Å²) >= 11 is 1.45. The molecule has 0 aliphatic heterocycles. The topological polar surface area (TPSA) is 51.2 Å². The Morgan fingerprint density at radius 1 is 1.45 bits per heavy atom. The predicted molar refractivity (Wildman–Crippen MR) is 79.8 cm³/mol.